The number of phenols is 2. The van der Waals surface area contributed by atoms with E-state index in [1.807, 2.05) is 12.1 Å². The Morgan fingerprint density at radius 1 is 0.957 bits per heavy atom. The van der Waals surface area contributed by atoms with E-state index in [9.17, 15) is 10.2 Å². The van der Waals surface area contributed by atoms with Crippen molar-refractivity contribution in [2.45, 2.75) is 0 Å². The van der Waals surface area contributed by atoms with Gasteiger partial charge in [-0.25, -0.2) is 0 Å². The van der Waals surface area contributed by atoms with Gasteiger partial charge in [0, 0.05) is 16.1 Å². The molecule has 2 aromatic carbocycles. The highest BCUT2D eigenvalue weighted by Crippen LogP contribution is 2.42. The largest absolute Gasteiger partial charge is 0.507 e. The van der Waals surface area contributed by atoms with Crippen molar-refractivity contribution in [3.05, 3.63) is 49.9 Å². The summed E-state index contributed by atoms with van der Waals surface area (Å²) < 4.78 is 7.95. The fourth-order valence-corrected chi connectivity index (χ4v) is 3.01. The Kier molecular flexibility index (Phi) is 4.65. The molecule has 0 saturated heterocycles. The third-order valence-electron chi connectivity index (χ3n) is 3.06. The van der Waals surface area contributed by atoms with Crippen molar-refractivity contribution in [1.82, 2.24) is 10.2 Å². The minimum absolute atomic E-state index is 0.0565. The Balaban J connectivity index is 2.04. The van der Waals surface area contributed by atoms with Gasteiger partial charge >= 0.3 is 0 Å². The first kappa shape index (κ1) is 16.4. The molecule has 0 aliphatic heterocycles. The first-order chi connectivity index (χ1) is 11.0. The number of nitrogens with zero attached hydrogens (tertiary/aromatic N) is 1. The summed E-state index contributed by atoms with van der Waals surface area (Å²) in [6, 6.07) is 8.35. The molecule has 23 heavy (non-hydrogen) atoms. The van der Waals surface area contributed by atoms with Crippen LogP contribution in [0.2, 0.25) is 0 Å². The van der Waals surface area contributed by atoms with Crippen molar-refractivity contribution < 1.29 is 14.9 Å². The first-order valence-corrected chi connectivity index (χ1v) is 8.72. The van der Waals surface area contributed by atoms with E-state index in [0.717, 1.165) is 8.95 Å². The number of hydrogen-bond donors (Lipinski definition) is 3. The Hall–Kier alpha value is -1.51. The zero-order valence-electron chi connectivity index (χ0n) is 11.3. The summed E-state index contributed by atoms with van der Waals surface area (Å²) in [5, 5.41) is 26.5. The number of aromatic nitrogens is 2. The average molecular weight is 505 g/mol. The summed E-state index contributed by atoms with van der Waals surface area (Å²) in [5.41, 5.74) is 0.854. The topological polar surface area (TPSA) is 78.4 Å². The highest BCUT2D eigenvalue weighted by atomic mass is 79.9. The number of hydrogen-bond acceptors (Lipinski definition) is 4. The first-order valence-electron chi connectivity index (χ1n) is 6.35. The molecule has 0 spiro atoms. The maximum atomic E-state index is 10.1. The second-order valence-corrected chi connectivity index (χ2v) is 7.07. The SMILES string of the molecule is Oc1cc(O)c(-c2n[nH]cc2Oc2cccc(Br)c2Br)cc1Br. The predicted molar refractivity (Wildman–Crippen MR) is 97.0 cm³/mol. The van der Waals surface area contributed by atoms with E-state index >= 15 is 0 Å². The van der Waals surface area contributed by atoms with Crippen LogP contribution in [0.1, 0.15) is 0 Å². The fourth-order valence-electron chi connectivity index (χ4n) is 1.97. The molecule has 3 N–H and O–H groups in total. The molecular formula is C15H9Br3N2O3. The Labute approximate surface area is 156 Å². The predicted octanol–water partition coefficient (Wildman–Crippen LogP) is 5.57. The Bertz CT molecular complexity index is 880. The van der Waals surface area contributed by atoms with Gasteiger partial charge in [-0.1, -0.05) is 6.07 Å². The highest BCUT2D eigenvalue weighted by Gasteiger charge is 2.18. The lowest BCUT2D eigenvalue weighted by atomic mass is 10.1. The molecule has 0 amide bonds. The number of H-pyrrole nitrogens is 1. The van der Waals surface area contributed by atoms with E-state index in [-0.39, 0.29) is 11.5 Å². The lowest BCUT2D eigenvalue weighted by Gasteiger charge is -2.10. The lowest BCUT2D eigenvalue weighted by Crippen LogP contribution is -1.88. The van der Waals surface area contributed by atoms with E-state index in [0.29, 0.717) is 27.2 Å². The Morgan fingerprint density at radius 3 is 2.52 bits per heavy atom. The van der Waals surface area contributed by atoms with Crippen molar-refractivity contribution in [3.63, 3.8) is 0 Å². The van der Waals surface area contributed by atoms with E-state index in [1.165, 1.54) is 6.07 Å². The average Bonchev–Trinajstić information content (AvgIpc) is 2.96. The normalized spacial score (nSPS) is 10.7. The number of phenolic OH excluding ortho intramolecular Hbond substituents is 2. The van der Waals surface area contributed by atoms with Gasteiger partial charge in [0.05, 0.1) is 15.1 Å². The van der Waals surface area contributed by atoms with Crippen LogP contribution in [-0.4, -0.2) is 20.4 Å². The molecule has 0 bridgehead atoms. The van der Waals surface area contributed by atoms with Crippen LogP contribution in [0.25, 0.3) is 11.3 Å². The van der Waals surface area contributed by atoms with Crippen molar-refractivity contribution in [1.29, 1.82) is 0 Å². The van der Waals surface area contributed by atoms with Crippen LogP contribution in [-0.2, 0) is 0 Å². The second-order valence-electron chi connectivity index (χ2n) is 4.57. The molecular weight excluding hydrogens is 496 g/mol. The second kappa shape index (κ2) is 6.54. The molecule has 8 heteroatoms. The number of ether oxygens (including phenoxy) is 1. The molecule has 5 nitrogen and oxygen atoms in total. The number of benzene rings is 2. The van der Waals surface area contributed by atoms with Gasteiger partial charge in [-0.05, 0) is 66.0 Å². The van der Waals surface area contributed by atoms with Crippen LogP contribution in [0.3, 0.4) is 0 Å². The van der Waals surface area contributed by atoms with Gasteiger partial charge in [-0.15, -0.1) is 0 Å². The molecule has 0 aliphatic carbocycles. The summed E-state index contributed by atoms with van der Waals surface area (Å²) in [7, 11) is 0. The molecule has 0 aliphatic rings. The van der Waals surface area contributed by atoms with Crippen molar-refractivity contribution in [3.8, 4) is 34.3 Å². The fraction of sp³-hybridized carbons (Fsp3) is 0. The molecule has 3 rings (SSSR count). The highest BCUT2D eigenvalue weighted by molar-refractivity contribution is 9.13. The van der Waals surface area contributed by atoms with Crippen LogP contribution in [0.4, 0.5) is 0 Å². The maximum absolute atomic E-state index is 10.1. The van der Waals surface area contributed by atoms with Crippen molar-refractivity contribution in [2.75, 3.05) is 0 Å². The van der Waals surface area contributed by atoms with Gasteiger partial charge in [0.25, 0.3) is 0 Å². The van der Waals surface area contributed by atoms with Crippen LogP contribution in [0.15, 0.2) is 49.9 Å². The van der Waals surface area contributed by atoms with Crippen molar-refractivity contribution in [2.24, 2.45) is 0 Å². The zero-order valence-corrected chi connectivity index (χ0v) is 16.1. The van der Waals surface area contributed by atoms with Gasteiger partial charge in [0.1, 0.15) is 22.9 Å². The number of halogens is 3. The molecule has 0 radical (unpaired) electrons. The quantitative estimate of drug-likeness (QED) is 0.436. The monoisotopic (exact) mass is 502 g/mol. The maximum Gasteiger partial charge on any atom is 0.173 e. The van der Waals surface area contributed by atoms with E-state index in [1.54, 1.807) is 18.3 Å². The molecule has 1 aromatic heterocycles. The summed E-state index contributed by atoms with van der Waals surface area (Å²) in [6.07, 6.45) is 1.59. The van der Waals surface area contributed by atoms with Gasteiger partial charge in [-0.2, -0.15) is 5.10 Å². The summed E-state index contributed by atoms with van der Waals surface area (Å²) >= 11 is 10.1. The van der Waals surface area contributed by atoms with Crippen LogP contribution < -0.4 is 4.74 Å². The van der Waals surface area contributed by atoms with Crippen LogP contribution >= 0.6 is 47.8 Å². The molecule has 3 aromatic rings. The van der Waals surface area contributed by atoms with Crippen molar-refractivity contribution >= 4 is 47.8 Å². The molecule has 0 fully saturated rings. The number of aromatic amines is 1. The summed E-state index contributed by atoms with van der Waals surface area (Å²) in [4.78, 5) is 0. The third-order valence-corrected chi connectivity index (χ3v) is 5.71. The number of aromatic hydroxyl groups is 2. The lowest BCUT2D eigenvalue weighted by molar-refractivity contribution is 0.448. The van der Waals surface area contributed by atoms with Gasteiger partial charge in [-0.3, -0.25) is 5.10 Å². The molecule has 0 saturated carbocycles. The van der Waals surface area contributed by atoms with E-state index < -0.39 is 0 Å². The van der Waals surface area contributed by atoms with Gasteiger partial charge in [0.15, 0.2) is 5.75 Å². The minimum Gasteiger partial charge on any atom is -0.507 e. The summed E-state index contributed by atoms with van der Waals surface area (Å²) in [5.74, 6) is 0.881. The standard InChI is InChI=1S/C15H9Br3N2O3/c16-8-2-1-3-12(14(8)18)23-13-6-19-20-15(13)7-4-9(17)11(22)5-10(7)21/h1-6,21-22H,(H,19,20). The zero-order chi connectivity index (χ0) is 16.6. The molecule has 0 atom stereocenters. The minimum atomic E-state index is -0.101. The van der Waals surface area contributed by atoms with Gasteiger partial charge in [0.2, 0.25) is 0 Å². The summed E-state index contributed by atoms with van der Waals surface area (Å²) in [6.45, 7) is 0. The molecule has 118 valence electrons. The molecule has 1 heterocycles. The third kappa shape index (κ3) is 3.24. The Morgan fingerprint density at radius 2 is 1.74 bits per heavy atom. The smallest absolute Gasteiger partial charge is 0.173 e. The molecule has 0 unspecified atom stereocenters. The van der Waals surface area contributed by atoms with Crippen LogP contribution in [0.5, 0.6) is 23.0 Å². The van der Waals surface area contributed by atoms with E-state index in [2.05, 4.69) is 58.0 Å². The van der Waals surface area contributed by atoms with E-state index in [4.69, 9.17) is 4.74 Å². The number of nitrogens with one attached hydrogen (secondary N) is 1. The van der Waals surface area contributed by atoms with Gasteiger partial charge < -0.3 is 14.9 Å². The number of rotatable bonds is 3. The van der Waals surface area contributed by atoms with Crippen LogP contribution in [0, 0.1) is 0 Å².